The third kappa shape index (κ3) is 5.78. The lowest BCUT2D eigenvalue weighted by Gasteiger charge is -2.35. The van der Waals surface area contributed by atoms with E-state index in [-0.39, 0.29) is 0 Å². The van der Waals surface area contributed by atoms with Gasteiger partial charge >= 0.3 is 0 Å². The van der Waals surface area contributed by atoms with Crippen LogP contribution < -0.4 is 20.7 Å². The maximum absolute atomic E-state index is 2.96. The van der Waals surface area contributed by atoms with E-state index in [4.69, 9.17) is 0 Å². The Bertz CT molecular complexity index is 3490. The molecule has 10 aromatic carbocycles. The molecule has 0 N–H and O–H groups in total. The molecule has 0 radical (unpaired) electrons. The molecule has 63 heavy (non-hydrogen) atoms. The molecule has 0 bridgehead atoms. The Labute approximate surface area is 368 Å². The Morgan fingerprint density at radius 3 is 1.37 bits per heavy atom. The van der Waals surface area contributed by atoms with E-state index < -0.39 is 8.07 Å². The van der Waals surface area contributed by atoms with Crippen LogP contribution in [0.5, 0.6) is 0 Å². The van der Waals surface area contributed by atoms with Gasteiger partial charge in [0.2, 0.25) is 0 Å². The Hall–Kier alpha value is -7.98. The summed E-state index contributed by atoms with van der Waals surface area (Å²) in [7, 11) is -2.96. The average molecular weight is 819 g/mol. The molecule has 0 saturated heterocycles. The van der Waals surface area contributed by atoms with Gasteiger partial charge in [-0.3, -0.25) is 0 Å². The van der Waals surface area contributed by atoms with Gasteiger partial charge in [0.25, 0.3) is 0 Å². The zero-order valence-corrected chi connectivity index (χ0v) is 35.6. The molecule has 0 fully saturated rings. The highest BCUT2D eigenvalue weighted by molar-refractivity contribution is 7.20. The first-order valence-corrected chi connectivity index (χ1v) is 23.8. The highest BCUT2D eigenvalue weighted by Crippen LogP contribution is 2.41. The Morgan fingerprint density at radius 1 is 0.270 bits per heavy atom. The summed E-state index contributed by atoms with van der Waals surface area (Å²) >= 11 is 0. The normalized spacial score (nSPS) is 11.8. The second-order valence-corrected chi connectivity index (χ2v) is 20.2. The molecular weight excluding hydrogens is 777 g/mol. The van der Waals surface area contributed by atoms with Crippen LogP contribution in [-0.4, -0.2) is 17.2 Å². The van der Waals surface area contributed by atoms with Crippen LogP contribution >= 0.6 is 0 Å². The number of aromatic nitrogens is 2. The molecular formula is C60H42N2Si. The van der Waals surface area contributed by atoms with E-state index in [1.807, 2.05) is 0 Å². The minimum atomic E-state index is -2.96. The molecule has 2 heterocycles. The van der Waals surface area contributed by atoms with E-state index in [9.17, 15) is 0 Å². The van der Waals surface area contributed by atoms with Crippen molar-refractivity contribution in [2.24, 2.45) is 0 Å². The van der Waals surface area contributed by atoms with Gasteiger partial charge in [0, 0.05) is 27.1 Å². The second kappa shape index (κ2) is 15.2. The van der Waals surface area contributed by atoms with Crippen molar-refractivity contribution < 1.29 is 0 Å². The highest BCUT2D eigenvalue weighted by Gasteiger charge is 2.43. The SMILES string of the molecule is c1ccc(-c2ccc(-c3ccccc3-n3c4ccccc4c4c(-n5c6ccccc6c6cccc([Si](c7ccccc7)(c7ccccc7)c7ccccc7)c65)cccc43)cc2)cc1. The fraction of sp³-hybridized carbons (Fsp3) is 0. The third-order valence-electron chi connectivity index (χ3n) is 13.1. The minimum absolute atomic E-state index is 1.15. The molecule has 12 rings (SSSR count). The summed E-state index contributed by atoms with van der Waals surface area (Å²) in [5.74, 6) is 0. The lowest BCUT2D eigenvalue weighted by molar-refractivity contribution is 1.17. The fourth-order valence-corrected chi connectivity index (χ4v) is 15.4. The summed E-state index contributed by atoms with van der Waals surface area (Å²) in [5.41, 5.74) is 11.9. The summed E-state index contributed by atoms with van der Waals surface area (Å²) in [6.45, 7) is 0. The zero-order chi connectivity index (χ0) is 41.7. The summed E-state index contributed by atoms with van der Waals surface area (Å²) in [4.78, 5) is 0. The van der Waals surface area contributed by atoms with Crippen LogP contribution in [0.4, 0.5) is 0 Å². The van der Waals surface area contributed by atoms with Gasteiger partial charge < -0.3 is 9.13 Å². The predicted molar refractivity (Wildman–Crippen MR) is 270 cm³/mol. The van der Waals surface area contributed by atoms with Gasteiger partial charge in [-0.15, -0.1) is 0 Å². The number of benzene rings is 10. The first-order chi connectivity index (χ1) is 31.3. The molecule has 2 aromatic heterocycles. The lowest BCUT2D eigenvalue weighted by atomic mass is 9.99. The van der Waals surface area contributed by atoms with Crippen LogP contribution in [0.2, 0.25) is 0 Å². The van der Waals surface area contributed by atoms with Gasteiger partial charge in [-0.05, 0) is 67.8 Å². The lowest BCUT2D eigenvalue weighted by Crippen LogP contribution is -2.75. The number of rotatable bonds is 8. The number of nitrogens with zero attached hydrogens (tertiary/aromatic N) is 2. The Morgan fingerprint density at radius 2 is 0.714 bits per heavy atom. The second-order valence-electron chi connectivity index (χ2n) is 16.4. The van der Waals surface area contributed by atoms with Gasteiger partial charge in [-0.2, -0.15) is 0 Å². The highest BCUT2D eigenvalue weighted by atomic mass is 28.3. The molecule has 0 atom stereocenters. The molecule has 0 amide bonds. The quantitative estimate of drug-likeness (QED) is 0.107. The standard InChI is InChI=1S/C60H42N2Si/c1-5-21-43(22-6-1)44-39-41-45(42-40-44)49-29-13-16-33-53(49)61-55-35-18-15-31-52(55)59-56(61)36-20-37-57(59)62-54-34-17-14-30-50(54)51-32-19-38-58(60(51)62)63(46-23-7-2-8-24-46,47-25-9-3-10-26-47)48-27-11-4-12-28-48/h1-42H. The fourth-order valence-electron chi connectivity index (χ4n) is 10.4. The van der Waals surface area contributed by atoms with Crippen LogP contribution in [-0.2, 0) is 0 Å². The molecule has 12 aromatic rings. The van der Waals surface area contributed by atoms with Gasteiger partial charge in [0.15, 0.2) is 8.07 Å². The van der Waals surface area contributed by atoms with Gasteiger partial charge in [-0.1, -0.05) is 224 Å². The molecule has 0 aliphatic heterocycles. The zero-order valence-electron chi connectivity index (χ0n) is 34.6. The first kappa shape index (κ1) is 36.8. The number of fused-ring (bicyclic) bond motifs is 6. The molecule has 296 valence electrons. The summed E-state index contributed by atoms with van der Waals surface area (Å²) in [5, 5.41) is 10.4. The molecule has 0 aliphatic carbocycles. The van der Waals surface area contributed by atoms with Crippen LogP contribution in [0.25, 0.3) is 77.2 Å². The van der Waals surface area contributed by atoms with Crippen LogP contribution in [0, 0.1) is 0 Å². The summed E-state index contributed by atoms with van der Waals surface area (Å²) in [6, 6.07) is 94.3. The maximum Gasteiger partial charge on any atom is 0.181 e. The van der Waals surface area contributed by atoms with Crippen molar-refractivity contribution in [2.75, 3.05) is 0 Å². The minimum Gasteiger partial charge on any atom is -0.309 e. The first-order valence-electron chi connectivity index (χ1n) is 21.8. The Balaban J connectivity index is 1.17. The molecule has 0 spiro atoms. The van der Waals surface area contributed by atoms with Crippen molar-refractivity contribution in [2.45, 2.75) is 0 Å². The Kier molecular flexibility index (Phi) is 8.87. The van der Waals surface area contributed by atoms with E-state index in [0.717, 1.165) is 5.69 Å². The van der Waals surface area contributed by atoms with Crippen LogP contribution in [0.1, 0.15) is 0 Å². The van der Waals surface area contributed by atoms with Crippen molar-refractivity contribution in [3.8, 4) is 33.6 Å². The topological polar surface area (TPSA) is 9.86 Å². The van der Waals surface area contributed by atoms with Crippen molar-refractivity contribution >= 4 is 72.4 Å². The van der Waals surface area contributed by atoms with Gasteiger partial charge in [0.1, 0.15) is 0 Å². The molecule has 0 aliphatic rings. The molecule has 3 heteroatoms. The van der Waals surface area contributed by atoms with Crippen LogP contribution in [0.15, 0.2) is 255 Å². The van der Waals surface area contributed by atoms with Crippen molar-refractivity contribution in [3.63, 3.8) is 0 Å². The molecule has 0 unspecified atom stereocenters. The average Bonchev–Trinajstić information content (AvgIpc) is 3.89. The van der Waals surface area contributed by atoms with E-state index in [2.05, 4.69) is 264 Å². The molecule has 2 nitrogen and oxygen atoms in total. The van der Waals surface area contributed by atoms with Gasteiger partial charge in [0.05, 0.1) is 33.4 Å². The van der Waals surface area contributed by atoms with E-state index >= 15 is 0 Å². The van der Waals surface area contributed by atoms with Crippen molar-refractivity contribution in [3.05, 3.63) is 255 Å². The van der Waals surface area contributed by atoms with E-state index in [0.29, 0.717) is 0 Å². The monoisotopic (exact) mass is 818 g/mol. The van der Waals surface area contributed by atoms with Gasteiger partial charge in [-0.25, -0.2) is 0 Å². The van der Waals surface area contributed by atoms with E-state index in [1.54, 1.807) is 0 Å². The predicted octanol–water partition coefficient (Wildman–Crippen LogP) is 12.6. The molecule has 0 saturated carbocycles. The number of para-hydroxylation sites is 4. The summed E-state index contributed by atoms with van der Waals surface area (Å²) < 4.78 is 5.09. The van der Waals surface area contributed by atoms with Crippen molar-refractivity contribution in [1.82, 2.24) is 9.13 Å². The van der Waals surface area contributed by atoms with E-state index in [1.165, 1.54) is 92.3 Å². The third-order valence-corrected chi connectivity index (χ3v) is 17.9. The maximum atomic E-state index is 2.60. The summed E-state index contributed by atoms with van der Waals surface area (Å²) in [6.07, 6.45) is 0. The smallest absolute Gasteiger partial charge is 0.181 e. The largest absolute Gasteiger partial charge is 0.309 e. The van der Waals surface area contributed by atoms with Crippen LogP contribution in [0.3, 0.4) is 0 Å². The van der Waals surface area contributed by atoms with Crippen molar-refractivity contribution in [1.29, 1.82) is 0 Å². The number of hydrogen-bond donors (Lipinski definition) is 0. The number of hydrogen-bond acceptors (Lipinski definition) is 0.